The zero-order valence-electron chi connectivity index (χ0n) is 15.2. The molecule has 0 saturated carbocycles. The van der Waals surface area contributed by atoms with Gasteiger partial charge in [-0.25, -0.2) is 0 Å². The van der Waals surface area contributed by atoms with Crippen molar-refractivity contribution in [3.63, 3.8) is 0 Å². The molecular weight excluding hydrogens is 312 g/mol. The number of carbonyl (C=O) groups excluding carboxylic acids is 1. The fourth-order valence-electron chi connectivity index (χ4n) is 3.74. The first-order valence-corrected chi connectivity index (χ1v) is 9.10. The Hall–Kier alpha value is -1.91. The van der Waals surface area contributed by atoms with Crippen molar-refractivity contribution in [2.75, 3.05) is 26.2 Å². The Labute approximate surface area is 149 Å². The van der Waals surface area contributed by atoms with Crippen molar-refractivity contribution in [2.45, 2.75) is 32.7 Å². The minimum absolute atomic E-state index is 0.0221. The van der Waals surface area contributed by atoms with Crippen LogP contribution in [0.2, 0.25) is 0 Å². The van der Waals surface area contributed by atoms with Crippen LogP contribution >= 0.6 is 0 Å². The number of aliphatic hydroxyl groups excluding tert-OH is 1. The normalized spacial score (nSPS) is 22.7. The number of hydrogen-bond acceptors (Lipinski definition) is 3. The van der Waals surface area contributed by atoms with Gasteiger partial charge in [-0.05, 0) is 48.7 Å². The number of amides is 1. The van der Waals surface area contributed by atoms with Crippen LogP contribution in [0.4, 0.5) is 0 Å². The molecular formula is C21H28N2O2. The number of likely N-dealkylation sites (tertiary alicyclic amines) is 1. The Bertz CT molecular complexity index is 746. The number of benzene rings is 2. The molecule has 0 aliphatic carbocycles. The summed E-state index contributed by atoms with van der Waals surface area (Å²) in [6.45, 7) is 6.39. The number of aliphatic hydroxyl groups is 1. The summed E-state index contributed by atoms with van der Waals surface area (Å²) in [7, 11) is 0. The summed E-state index contributed by atoms with van der Waals surface area (Å²) < 4.78 is 0. The summed E-state index contributed by atoms with van der Waals surface area (Å²) in [6.07, 6.45) is 2.06. The Morgan fingerprint density at radius 1 is 1.28 bits per heavy atom. The van der Waals surface area contributed by atoms with Gasteiger partial charge in [0.15, 0.2) is 0 Å². The number of carbonyl (C=O) groups is 1. The molecule has 0 radical (unpaired) electrons. The number of rotatable bonds is 5. The molecule has 4 heteroatoms. The smallest absolute Gasteiger partial charge is 0.234 e. The van der Waals surface area contributed by atoms with Crippen molar-refractivity contribution in [1.29, 1.82) is 0 Å². The van der Waals surface area contributed by atoms with Crippen molar-refractivity contribution in [1.82, 2.24) is 10.2 Å². The van der Waals surface area contributed by atoms with Gasteiger partial charge in [-0.3, -0.25) is 9.69 Å². The highest BCUT2D eigenvalue weighted by atomic mass is 16.3. The molecule has 3 rings (SSSR count). The first-order chi connectivity index (χ1) is 12.0. The SMILES string of the molecule is CC(NC(=O)CN1CCCC(C)(CO)C1)c1ccc2ccccc2c1. The van der Waals surface area contributed by atoms with Gasteiger partial charge in [-0.2, -0.15) is 0 Å². The molecule has 134 valence electrons. The van der Waals surface area contributed by atoms with Crippen molar-refractivity contribution in [3.05, 3.63) is 48.0 Å². The van der Waals surface area contributed by atoms with Crippen molar-refractivity contribution in [2.24, 2.45) is 5.41 Å². The maximum Gasteiger partial charge on any atom is 0.234 e. The van der Waals surface area contributed by atoms with Crippen molar-refractivity contribution < 1.29 is 9.90 Å². The molecule has 1 heterocycles. The van der Waals surface area contributed by atoms with Gasteiger partial charge >= 0.3 is 0 Å². The zero-order chi connectivity index (χ0) is 17.9. The quantitative estimate of drug-likeness (QED) is 0.879. The van der Waals surface area contributed by atoms with E-state index < -0.39 is 0 Å². The molecule has 1 amide bonds. The molecule has 25 heavy (non-hydrogen) atoms. The highest BCUT2D eigenvalue weighted by molar-refractivity contribution is 5.83. The Kier molecular flexibility index (Phi) is 5.40. The third kappa shape index (κ3) is 4.39. The second kappa shape index (κ2) is 7.54. The first kappa shape index (κ1) is 17.9. The summed E-state index contributed by atoms with van der Waals surface area (Å²) in [5.41, 5.74) is 1.04. The Balaban J connectivity index is 1.60. The number of fused-ring (bicyclic) bond motifs is 1. The predicted molar refractivity (Wildman–Crippen MR) is 101 cm³/mol. The van der Waals surface area contributed by atoms with E-state index in [1.54, 1.807) is 0 Å². The second-order valence-electron chi connectivity index (χ2n) is 7.68. The van der Waals surface area contributed by atoms with E-state index in [-0.39, 0.29) is 24.0 Å². The Morgan fingerprint density at radius 3 is 2.80 bits per heavy atom. The lowest BCUT2D eigenvalue weighted by molar-refractivity contribution is -0.123. The second-order valence-corrected chi connectivity index (χ2v) is 7.68. The summed E-state index contributed by atoms with van der Waals surface area (Å²) in [4.78, 5) is 14.6. The Morgan fingerprint density at radius 2 is 2.04 bits per heavy atom. The molecule has 2 unspecified atom stereocenters. The van der Waals surface area contributed by atoms with Crippen LogP contribution in [-0.2, 0) is 4.79 Å². The number of nitrogens with one attached hydrogen (secondary N) is 1. The van der Waals surface area contributed by atoms with Gasteiger partial charge in [0.2, 0.25) is 5.91 Å². The van der Waals surface area contributed by atoms with Gasteiger partial charge in [-0.15, -0.1) is 0 Å². The minimum Gasteiger partial charge on any atom is -0.396 e. The molecule has 0 spiro atoms. The van der Waals surface area contributed by atoms with E-state index in [1.165, 1.54) is 10.8 Å². The number of piperidine rings is 1. The molecule has 2 aromatic rings. The van der Waals surface area contributed by atoms with Gasteiger partial charge < -0.3 is 10.4 Å². The average Bonchev–Trinajstić information content (AvgIpc) is 2.61. The monoisotopic (exact) mass is 340 g/mol. The lowest BCUT2D eigenvalue weighted by Gasteiger charge is -2.39. The van der Waals surface area contributed by atoms with Crippen LogP contribution in [0.3, 0.4) is 0 Å². The van der Waals surface area contributed by atoms with Gasteiger partial charge in [-0.1, -0.05) is 43.3 Å². The van der Waals surface area contributed by atoms with E-state index in [1.807, 2.05) is 19.1 Å². The fraction of sp³-hybridized carbons (Fsp3) is 0.476. The van der Waals surface area contributed by atoms with Crippen LogP contribution in [0.1, 0.15) is 38.3 Å². The molecule has 2 aromatic carbocycles. The molecule has 2 N–H and O–H groups in total. The molecule has 0 bridgehead atoms. The minimum atomic E-state index is -0.0809. The van der Waals surface area contributed by atoms with Crippen LogP contribution in [0, 0.1) is 5.41 Å². The highest BCUT2D eigenvalue weighted by Gasteiger charge is 2.31. The van der Waals surface area contributed by atoms with Crippen LogP contribution in [0.15, 0.2) is 42.5 Å². The van der Waals surface area contributed by atoms with Crippen LogP contribution < -0.4 is 5.32 Å². The molecule has 1 aliphatic rings. The summed E-state index contributed by atoms with van der Waals surface area (Å²) in [5, 5.41) is 15.1. The van der Waals surface area contributed by atoms with E-state index in [2.05, 4.69) is 47.5 Å². The summed E-state index contributed by atoms with van der Waals surface area (Å²) >= 11 is 0. The molecule has 4 nitrogen and oxygen atoms in total. The number of hydrogen-bond donors (Lipinski definition) is 2. The summed E-state index contributed by atoms with van der Waals surface area (Å²) in [5.74, 6) is 0.0443. The van der Waals surface area contributed by atoms with E-state index in [9.17, 15) is 9.90 Å². The zero-order valence-corrected chi connectivity index (χ0v) is 15.2. The van der Waals surface area contributed by atoms with E-state index in [4.69, 9.17) is 0 Å². The third-order valence-corrected chi connectivity index (χ3v) is 5.26. The molecule has 2 atom stereocenters. The average molecular weight is 340 g/mol. The third-order valence-electron chi connectivity index (χ3n) is 5.26. The topological polar surface area (TPSA) is 52.6 Å². The largest absolute Gasteiger partial charge is 0.396 e. The first-order valence-electron chi connectivity index (χ1n) is 9.10. The van der Waals surface area contributed by atoms with Crippen LogP contribution in [-0.4, -0.2) is 42.2 Å². The molecule has 1 fully saturated rings. The van der Waals surface area contributed by atoms with Gasteiger partial charge in [0.1, 0.15) is 0 Å². The highest BCUT2D eigenvalue weighted by Crippen LogP contribution is 2.28. The lowest BCUT2D eigenvalue weighted by atomic mass is 9.83. The van der Waals surface area contributed by atoms with Crippen molar-refractivity contribution >= 4 is 16.7 Å². The van der Waals surface area contributed by atoms with Gasteiger partial charge in [0.25, 0.3) is 0 Å². The fourth-order valence-corrected chi connectivity index (χ4v) is 3.74. The lowest BCUT2D eigenvalue weighted by Crippen LogP contribution is -2.47. The maximum atomic E-state index is 12.4. The summed E-state index contributed by atoms with van der Waals surface area (Å²) in [6, 6.07) is 14.6. The molecule has 0 aromatic heterocycles. The molecule has 1 saturated heterocycles. The van der Waals surface area contributed by atoms with Crippen molar-refractivity contribution in [3.8, 4) is 0 Å². The maximum absolute atomic E-state index is 12.4. The van der Waals surface area contributed by atoms with E-state index in [0.717, 1.165) is 31.5 Å². The van der Waals surface area contributed by atoms with Gasteiger partial charge in [0.05, 0.1) is 12.6 Å². The number of nitrogens with zero attached hydrogens (tertiary/aromatic N) is 1. The van der Waals surface area contributed by atoms with Gasteiger partial charge in [0, 0.05) is 18.6 Å². The van der Waals surface area contributed by atoms with E-state index in [0.29, 0.717) is 6.54 Å². The van der Waals surface area contributed by atoms with Crippen LogP contribution in [0.5, 0.6) is 0 Å². The molecule has 1 aliphatic heterocycles. The van der Waals surface area contributed by atoms with Crippen LogP contribution in [0.25, 0.3) is 10.8 Å². The standard InChI is InChI=1S/C21H28N2O2/c1-16(18-9-8-17-6-3-4-7-19(17)12-18)22-20(25)13-23-11-5-10-21(2,14-23)15-24/h3-4,6-9,12,16,24H,5,10-11,13-15H2,1-2H3,(H,22,25). The van der Waals surface area contributed by atoms with E-state index >= 15 is 0 Å². The predicted octanol–water partition coefficient (Wildman–Crippen LogP) is 3.11.